The van der Waals surface area contributed by atoms with E-state index in [-0.39, 0.29) is 23.0 Å². The Kier molecular flexibility index (Phi) is 7.70. The number of likely N-dealkylation sites (N-methyl/N-ethyl adjacent to an activating group) is 1. The first kappa shape index (κ1) is 14.6. The van der Waals surface area contributed by atoms with Crippen LogP contribution in [0, 0.1) is 0 Å². The van der Waals surface area contributed by atoms with Gasteiger partial charge < -0.3 is 9.64 Å². The number of hydrogen-bond acceptors (Lipinski definition) is 3. The van der Waals surface area contributed by atoms with Gasteiger partial charge in [0.25, 0.3) is 0 Å². The van der Waals surface area contributed by atoms with Gasteiger partial charge in [0.05, 0.1) is 6.61 Å². The summed E-state index contributed by atoms with van der Waals surface area (Å²) in [5, 5.41) is 0. The summed E-state index contributed by atoms with van der Waals surface area (Å²) >= 11 is 0. The van der Waals surface area contributed by atoms with Gasteiger partial charge in [0, 0.05) is 18.7 Å². The molecule has 0 aromatic carbocycles. The molecule has 0 spiro atoms. The van der Waals surface area contributed by atoms with E-state index in [9.17, 15) is 4.79 Å². The Balaban J connectivity index is 0.00000196. The summed E-state index contributed by atoms with van der Waals surface area (Å²) < 4.78 is 5.14. The lowest BCUT2D eigenvalue weighted by Crippen LogP contribution is -2.29. The molecule has 0 unspecified atom stereocenters. The third-order valence-corrected chi connectivity index (χ3v) is 2.34. The van der Waals surface area contributed by atoms with Crippen LogP contribution in [0.5, 0.6) is 0 Å². The summed E-state index contributed by atoms with van der Waals surface area (Å²) in [6.45, 7) is 4.40. The molecule has 1 heterocycles. The summed E-state index contributed by atoms with van der Waals surface area (Å²) in [6.07, 6.45) is 4.96. The van der Waals surface area contributed by atoms with Crippen LogP contribution in [0.4, 0.5) is 0 Å². The monoisotopic (exact) mass is 277 g/mol. The summed E-state index contributed by atoms with van der Waals surface area (Å²) in [4.78, 5) is 13.6. The van der Waals surface area contributed by atoms with Crippen molar-refractivity contribution in [2.45, 2.75) is 26.2 Å². The standard InChI is InChI=1S/C11H19NO2.BrH/c1-3-4-8-14-11(13)10-6-5-7-12(2)9-10;/h6H,3-5,7-9H2,1-2H3;1H. The highest BCUT2D eigenvalue weighted by Gasteiger charge is 2.16. The van der Waals surface area contributed by atoms with Crippen LogP contribution >= 0.6 is 17.0 Å². The van der Waals surface area contributed by atoms with Crippen LogP contribution in [-0.4, -0.2) is 37.6 Å². The molecule has 0 atom stereocenters. The van der Waals surface area contributed by atoms with Crippen LogP contribution in [0.2, 0.25) is 0 Å². The van der Waals surface area contributed by atoms with Gasteiger partial charge in [0.15, 0.2) is 0 Å². The Hall–Kier alpha value is -0.350. The number of esters is 1. The molecule has 88 valence electrons. The van der Waals surface area contributed by atoms with Gasteiger partial charge in [-0.05, 0) is 19.9 Å². The van der Waals surface area contributed by atoms with Crippen LogP contribution in [-0.2, 0) is 9.53 Å². The van der Waals surface area contributed by atoms with Crippen molar-refractivity contribution in [3.63, 3.8) is 0 Å². The summed E-state index contributed by atoms with van der Waals surface area (Å²) in [5.41, 5.74) is 0.815. The molecule has 0 N–H and O–H groups in total. The van der Waals surface area contributed by atoms with Crippen molar-refractivity contribution in [3.8, 4) is 0 Å². The van der Waals surface area contributed by atoms with E-state index in [1.54, 1.807) is 0 Å². The van der Waals surface area contributed by atoms with Crippen LogP contribution in [0.3, 0.4) is 0 Å². The minimum atomic E-state index is -0.134. The number of unbranched alkanes of at least 4 members (excludes halogenated alkanes) is 1. The average molecular weight is 278 g/mol. The van der Waals surface area contributed by atoms with Crippen LogP contribution in [0.15, 0.2) is 11.6 Å². The highest BCUT2D eigenvalue weighted by Crippen LogP contribution is 2.09. The van der Waals surface area contributed by atoms with Crippen LogP contribution in [0.25, 0.3) is 0 Å². The van der Waals surface area contributed by atoms with E-state index in [0.717, 1.165) is 37.9 Å². The third kappa shape index (κ3) is 5.33. The molecule has 0 aromatic heterocycles. The van der Waals surface area contributed by atoms with Gasteiger partial charge in [-0.15, -0.1) is 17.0 Å². The molecule has 1 rings (SSSR count). The van der Waals surface area contributed by atoms with Crippen LogP contribution < -0.4 is 0 Å². The van der Waals surface area contributed by atoms with E-state index in [0.29, 0.717) is 6.61 Å². The molecule has 0 aliphatic carbocycles. The van der Waals surface area contributed by atoms with Gasteiger partial charge in [0.1, 0.15) is 0 Å². The predicted octanol–water partition coefficient (Wildman–Crippen LogP) is 2.17. The number of nitrogens with zero attached hydrogens (tertiary/aromatic N) is 1. The number of ether oxygens (including phenoxy) is 1. The second-order valence-corrected chi connectivity index (χ2v) is 3.75. The third-order valence-electron chi connectivity index (χ3n) is 2.34. The number of carbonyl (C=O) groups excluding carboxylic acids is 1. The number of rotatable bonds is 4. The van der Waals surface area contributed by atoms with Gasteiger partial charge in [0.2, 0.25) is 0 Å². The number of halogens is 1. The minimum Gasteiger partial charge on any atom is -0.462 e. The lowest BCUT2D eigenvalue weighted by molar-refractivity contribution is -0.139. The lowest BCUT2D eigenvalue weighted by Gasteiger charge is -2.21. The second-order valence-electron chi connectivity index (χ2n) is 3.75. The quantitative estimate of drug-likeness (QED) is 0.583. The molecule has 0 radical (unpaired) electrons. The molecule has 0 bridgehead atoms. The van der Waals surface area contributed by atoms with E-state index in [4.69, 9.17) is 4.74 Å². The molecular weight excluding hydrogens is 258 g/mol. The molecule has 0 fully saturated rings. The molecule has 0 saturated heterocycles. The average Bonchev–Trinajstić information content (AvgIpc) is 2.18. The molecule has 0 saturated carbocycles. The molecular formula is C11H20BrNO2. The SMILES string of the molecule is Br.CCCCOC(=O)C1=CCCN(C)C1. The maximum atomic E-state index is 11.5. The zero-order valence-electron chi connectivity index (χ0n) is 9.49. The number of hydrogen-bond donors (Lipinski definition) is 0. The molecule has 4 heteroatoms. The second kappa shape index (κ2) is 7.88. The normalized spacial score (nSPS) is 16.5. The van der Waals surface area contributed by atoms with Crippen molar-refractivity contribution in [2.24, 2.45) is 0 Å². The van der Waals surface area contributed by atoms with Gasteiger partial charge in [-0.2, -0.15) is 0 Å². The molecule has 0 amide bonds. The lowest BCUT2D eigenvalue weighted by atomic mass is 10.1. The van der Waals surface area contributed by atoms with Gasteiger partial charge in [-0.1, -0.05) is 19.4 Å². The van der Waals surface area contributed by atoms with E-state index in [1.807, 2.05) is 13.1 Å². The fourth-order valence-corrected chi connectivity index (χ4v) is 1.44. The Bertz CT molecular complexity index is 229. The van der Waals surface area contributed by atoms with Gasteiger partial charge in [-0.25, -0.2) is 4.79 Å². The molecule has 1 aliphatic rings. The first-order valence-corrected chi connectivity index (χ1v) is 5.28. The van der Waals surface area contributed by atoms with Crippen LogP contribution in [0.1, 0.15) is 26.2 Å². The highest BCUT2D eigenvalue weighted by atomic mass is 79.9. The zero-order chi connectivity index (χ0) is 10.4. The van der Waals surface area contributed by atoms with E-state index in [2.05, 4.69) is 11.8 Å². The first-order chi connectivity index (χ1) is 6.74. The first-order valence-electron chi connectivity index (χ1n) is 5.28. The minimum absolute atomic E-state index is 0. The van der Waals surface area contributed by atoms with Crippen molar-refractivity contribution in [1.82, 2.24) is 4.90 Å². The van der Waals surface area contributed by atoms with E-state index in [1.165, 1.54) is 0 Å². The Morgan fingerprint density at radius 2 is 2.33 bits per heavy atom. The smallest absolute Gasteiger partial charge is 0.334 e. The highest BCUT2D eigenvalue weighted by molar-refractivity contribution is 8.93. The van der Waals surface area contributed by atoms with E-state index >= 15 is 0 Å². The Morgan fingerprint density at radius 3 is 2.93 bits per heavy atom. The summed E-state index contributed by atoms with van der Waals surface area (Å²) in [5.74, 6) is -0.134. The molecule has 1 aliphatic heterocycles. The van der Waals surface area contributed by atoms with Gasteiger partial charge >= 0.3 is 5.97 Å². The molecule has 0 aromatic rings. The maximum absolute atomic E-state index is 11.5. The van der Waals surface area contributed by atoms with Crippen molar-refractivity contribution in [3.05, 3.63) is 11.6 Å². The topological polar surface area (TPSA) is 29.5 Å². The molecule has 15 heavy (non-hydrogen) atoms. The van der Waals surface area contributed by atoms with Crippen molar-refractivity contribution >= 4 is 23.0 Å². The predicted molar refractivity (Wildman–Crippen MR) is 66.4 cm³/mol. The van der Waals surface area contributed by atoms with Crippen molar-refractivity contribution in [2.75, 3.05) is 26.7 Å². The van der Waals surface area contributed by atoms with Crippen molar-refractivity contribution < 1.29 is 9.53 Å². The van der Waals surface area contributed by atoms with E-state index < -0.39 is 0 Å². The van der Waals surface area contributed by atoms with Gasteiger partial charge in [-0.3, -0.25) is 0 Å². The Labute approximate surface area is 102 Å². The zero-order valence-corrected chi connectivity index (χ0v) is 11.2. The molecule has 3 nitrogen and oxygen atoms in total. The Morgan fingerprint density at radius 1 is 1.60 bits per heavy atom. The fourth-order valence-electron chi connectivity index (χ4n) is 1.44. The summed E-state index contributed by atoms with van der Waals surface area (Å²) in [7, 11) is 2.02. The fraction of sp³-hybridized carbons (Fsp3) is 0.727. The van der Waals surface area contributed by atoms with Crippen molar-refractivity contribution in [1.29, 1.82) is 0 Å². The largest absolute Gasteiger partial charge is 0.462 e. The summed E-state index contributed by atoms with van der Waals surface area (Å²) in [6, 6.07) is 0. The maximum Gasteiger partial charge on any atom is 0.334 e. The number of carbonyl (C=O) groups is 1.